The molecule has 0 aromatic heterocycles. The zero-order valence-electron chi connectivity index (χ0n) is 20.2. The number of carbonyl (C=O) groups excluding carboxylic acids is 2. The number of halogens is 5. The second-order valence-electron chi connectivity index (χ2n) is 9.79. The lowest BCUT2D eigenvalue weighted by molar-refractivity contribution is -0.294. The maximum atomic E-state index is 12.8. The maximum absolute atomic E-state index is 12.8. The number of alkyl halides is 5. The van der Waals surface area contributed by atoms with Gasteiger partial charge in [0.15, 0.2) is 13.2 Å². The first kappa shape index (κ1) is 28.3. The molecule has 0 aliphatic rings. The van der Waals surface area contributed by atoms with Crippen molar-refractivity contribution in [3.63, 3.8) is 0 Å². The fourth-order valence-electron chi connectivity index (χ4n) is 3.25. The Morgan fingerprint density at radius 3 is 1.94 bits per heavy atom. The molecule has 10 heteroatoms. The van der Waals surface area contributed by atoms with E-state index < -0.39 is 31.3 Å². The first-order chi connectivity index (χ1) is 16.0. The molecule has 0 fully saturated rings. The summed E-state index contributed by atoms with van der Waals surface area (Å²) in [5.74, 6) is -6.26. The minimum absolute atomic E-state index is 0.173. The Hall–Kier alpha value is -2.91. The number of carbonyl (C=O) groups is 2. The van der Waals surface area contributed by atoms with Crippen molar-refractivity contribution >= 4 is 22.7 Å². The molecule has 0 saturated heterocycles. The summed E-state index contributed by atoms with van der Waals surface area (Å²) < 4.78 is 76.8. The summed E-state index contributed by atoms with van der Waals surface area (Å²) in [6.45, 7) is 7.07. The first-order valence-corrected chi connectivity index (χ1v) is 11.0. The van der Waals surface area contributed by atoms with Crippen LogP contribution in [0.3, 0.4) is 0 Å². The maximum Gasteiger partial charge on any atom is 0.456 e. The van der Waals surface area contributed by atoms with E-state index in [2.05, 4.69) is 4.74 Å². The van der Waals surface area contributed by atoms with Gasteiger partial charge in [-0.3, -0.25) is 4.79 Å². The van der Waals surface area contributed by atoms with Gasteiger partial charge in [0.25, 0.3) is 0 Å². The fourth-order valence-corrected chi connectivity index (χ4v) is 3.25. The highest BCUT2D eigenvalue weighted by Gasteiger charge is 2.58. The van der Waals surface area contributed by atoms with Gasteiger partial charge < -0.3 is 14.2 Å². The number of rotatable bonds is 9. The van der Waals surface area contributed by atoms with E-state index in [1.807, 2.05) is 34.6 Å². The van der Waals surface area contributed by atoms with Crippen molar-refractivity contribution in [2.45, 2.75) is 53.1 Å². The molecule has 0 amide bonds. The molecular formula is C25H29F5O5. The molecule has 0 bridgehead atoms. The van der Waals surface area contributed by atoms with Crippen LogP contribution in [0.5, 0.6) is 11.5 Å². The van der Waals surface area contributed by atoms with Gasteiger partial charge in [-0.2, -0.15) is 22.0 Å². The van der Waals surface area contributed by atoms with E-state index in [0.717, 1.165) is 0 Å². The quantitative estimate of drug-likeness (QED) is 0.220. The third-order valence-corrected chi connectivity index (χ3v) is 5.22. The van der Waals surface area contributed by atoms with E-state index in [1.165, 1.54) is 12.1 Å². The smallest absolute Gasteiger partial charge is 0.456 e. The van der Waals surface area contributed by atoms with Crippen molar-refractivity contribution in [1.29, 1.82) is 0 Å². The van der Waals surface area contributed by atoms with E-state index in [9.17, 15) is 31.5 Å². The van der Waals surface area contributed by atoms with Crippen LogP contribution in [0.15, 0.2) is 36.4 Å². The highest BCUT2D eigenvalue weighted by Crippen LogP contribution is 2.36. The van der Waals surface area contributed by atoms with Crippen LogP contribution in [0.1, 0.15) is 41.0 Å². The minimum Gasteiger partial charge on any atom is -0.482 e. The van der Waals surface area contributed by atoms with E-state index in [-0.39, 0.29) is 23.1 Å². The van der Waals surface area contributed by atoms with Crippen LogP contribution in [0.2, 0.25) is 0 Å². The van der Waals surface area contributed by atoms with E-state index in [1.54, 1.807) is 24.3 Å². The SMILES string of the molecule is CC(C)CC(C(=O)Oc1ccc2cc(OCC(=O)OCC(F)(F)C(F)(F)F)ccc2c1)C(C)(C)C. The van der Waals surface area contributed by atoms with Gasteiger partial charge in [0.1, 0.15) is 11.5 Å². The summed E-state index contributed by atoms with van der Waals surface area (Å²) in [5.41, 5.74) is -0.270. The average Bonchev–Trinajstić information content (AvgIpc) is 2.72. The largest absolute Gasteiger partial charge is 0.482 e. The van der Waals surface area contributed by atoms with Crippen LogP contribution < -0.4 is 9.47 Å². The van der Waals surface area contributed by atoms with E-state index >= 15 is 0 Å². The molecule has 35 heavy (non-hydrogen) atoms. The van der Waals surface area contributed by atoms with Gasteiger partial charge in [-0.25, -0.2) is 4.79 Å². The molecule has 0 saturated carbocycles. The Bertz CT molecular complexity index is 1040. The van der Waals surface area contributed by atoms with Gasteiger partial charge in [-0.15, -0.1) is 0 Å². The second kappa shape index (κ2) is 10.8. The topological polar surface area (TPSA) is 61.8 Å². The minimum atomic E-state index is -5.82. The highest BCUT2D eigenvalue weighted by molar-refractivity contribution is 5.86. The summed E-state index contributed by atoms with van der Waals surface area (Å²) in [4.78, 5) is 24.3. The lowest BCUT2D eigenvalue weighted by Crippen LogP contribution is -2.41. The molecule has 194 valence electrons. The molecule has 0 aliphatic carbocycles. The van der Waals surface area contributed by atoms with Gasteiger partial charge in [0, 0.05) is 0 Å². The lowest BCUT2D eigenvalue weighted by atomic mass is 9.76. The zero-order valence-corrected chi connectivity index (χ0v) is 20.2. The third-order valence-electron chi connectivity index (χ3n) is 5.22. The second-order valence-corrected chi connectivity index (χ2v) is 9.79. The monoisotopic (exact) mass is 504 g/mol. The molecule has 0 spiro atoms. The summed E-state index contributed by atoms with van der Waals surface area (Å²) in [7, 11) is 0. The van der Waals surface area contributed by atoms with Crippen LogP contribution in [0, 0.1) is 17.3 Å². The molecule has 5 nitrogen and oxygen atoms in total. The van der Waals surface area contributed by atoms with Crippen molar-refractivity contribution in [2.24, 2.45) is 17.3 Å². The molecule has 1 atom stereocenters. The summed E-state index contributed by atoms with van der Waals surface area (Å²) in [5, 5.41) is 1.36. The summed E-state index contributed by atoms with van der Waals surface area (Å²) >= 11 is 0. The first-order valence-electron chi connectivity index (χ1n) is 11.0. The van der Waals surface area contributed by atoms with Crippen molar-refractivity contribution in [3.8, 4) is 11.5 Å². The molecule has 1 unspecified atom stereocenters. The summed E-state index contributed by atoms with van der Waals surface area (Å²) in [6, 6.07) is 9.58. The fraction of sp³-hybridized carbons (Fsp3) is 0.520. The van der Waals surface area contributed by atoms with Crippen LogP contribution >= 0.6 is 0 Å². The van der Waals surface area contributed by atoms with Gasteiger partial charge in [0.2, 0.25) is 0 Å². The van der Waals surface area contributed by atoms with Crippen LogP contribution in [-0.2, 0) is 14.3 Å². The Kier molecular flexibility index (Phi) is 8.73. The molecule has 2 rings (SSSR count). The van der Waals surface area contributed by atoms with Crippen LogP contribution in [0.4, 0.5) is 22.0 Å². The average molecular weight is 504 g/mol. The van der Waals surface area contributed by atoms with Crippen molar-refractivity contribution in [3.05, 3.63) is 36.4 Å². The number of fused-ring (bicyclic) bond motifs is 1. The third kappa shape index (κ3) is 8.07. The van der Waals surface area contributed by atoms with Crippen LogP contribution in [0.25, 0.3) is 10.8 Å². The molecule has 2 aromatic rings. The standard InChI is InChI=1S/C25H29F5O5/c1-15(2)10-20(23(3,4)5)22(32)35-19-9-7-16-11-18(8-6-17(16)12-19)33-13-21(31)34-14-24(26,27)25(28,29)30/h6-9,11-12,15,20H,10,13-14H2,1-5H3. The number of hydrogen-bond donors (Lipinski definition) is 0. The lowest BCUT2D eigenvalue weighted by Gasteiger charge is -2.30. The van der Waals surface area contributed by atoms with Gasteiger partial charge in [0.05, 0.1) is 5.92 Å². The molecule has 0 heterocycles. The van der Waals surface area contributed by atoms with Crippen LogP contribution in [-0.4, -0.2) is 37.3 Å². The highest BCUT2D eigenvalue weighted by atomic mass is 19.4. The predicted molar refractivity (Wildman–Crippen MR) is 119 cm³/mol. The van der Waals surface area contributed by atoms with E-state index in [4.69, 9.17) is 9.47 Å². The Morgan fingerprint density at radius 1 is 0.886 bits per heavy atom. The Balaban J connectivity index is 2.02. The van der Waals surface area contributed by atoms with Gasteiger partial charge >= 0.3 is 24.0 Å². The molecule has 0 radical (unpaired) electrons. The Morgan fingerprint density at radius 2 is 1.43 bits per heavy atom. The normalized spacial score (nSPS) is 13.6. The van der Waals surface area contributed by atoms with Gasteiger partial charge in [-0.1, -0.05) is 46.8 Å². The number of benzene rings is 2. The molecular weight excluding hydrogens is 475 g/mol. The van der Waals surface area contributed by atoms with Crippen molar-refractivity contribution < 1.29 is 45.8 Å². The number of esters is 2. The van der Waals surface area contributed by atoms with Crippen molar-refractivity contribution in [1.82, 2.24) is 0 Å². The Labute approximate surface area is 200 Å². The zero-order chi connectivity index (χ0) is 26.6. The summed E-state index contributed by atoms with van der Waals surface area (Å²) in [6.07, 6.45) is -5.13. The number of ether oxygens (including phenoxy) is 3. The van der Waals surface area contributed by atoms with Gasteiger partial charge in [-0.05, 0) is 52.8 Å². The molecule has 2 aromatic carbocycles. The molecule has 0 aliphatic heterocycles. The van der Waals surface area contributed by atoms with E-state index in [0.29, 0.717) is 28.9 Å². The predicted octanol–water partition coefficient (Wildman–Crippen LogP) is 6.57. The van der Waals surface area contributed by atoms with Crippen molar-refractivity contribution in [2.75, 3.05) is 13.2 Å². The number of hydrogen-bond acceptors (Lipinski definition) is 5. The molecule has 0 N–H and O–H groups in total.